The van der Waals surface area contributed by atoms with Crippen molar-refractivity contribution in [3.05, 3.63) is 54.6 Å². The Hall–Kier alpha value is -3.09. The van der Waals surface area contributed by atoms with E-state index in [-0.39, 0.29) is 6.61 Å². The Balaban J connectivity index is 1.46. The molecule has 0 saturated carbocycles. The largest absolute Gasteiger partial charge is 0.393 e. The lowest BCUT2D eigenvalue weighted by molar-refractivity contribution is 0.0422. The number of fused-ring (bicyclic) bond motifs is 1. The number of hydrogen-bond donors (Lipinski definition) is 1. The van der Waals surface area contributed by atoms with Crippen LogP contribution in [0.15, 0.2) is 48.8 Å². The third kappa shape index (κ3) is 6.39. The molecule has 1 atom stereocenters. The second-order valence-electron chi connectivity index (χ2n) is 11.0. The van der Waals surface area contributed by atoms with Gasteiger partial charge >= 0.3 is 0 Å². The van der Waals surface area contributed by atoms with Gasteiger partial charge in [-0.1, -0.05) is 37.8 Å². The smallest absolute Gasteiger partial charge is 0.164 e. The van der Waals surface area contributed by atoms with Crippen LogP contribution in [0.4, 0.5) is 5.82 Å². The maximum absolute atomic E-state index is 9.84. The summed E-state index contributed by atoms with van der Waals surface area (Å²) in [5.74, 6) is 1.79. The maximum Gasteiger partial charge on any atom is 0.164 e. The predicted molar refractivity (Wildman–Crippen MR) is 154 cm³/mol. The summed E-state index contributed by atoms with van der Waals surface area (Å²) in [5.41, 5.74) is 2.98. The van der Waals surface area contributed by atoms with Crippen LogP contribution < -0.4 is 4.90 Å². The lowest BCUT2D eigenvalue weighted by atomic mass is 10.1. The Labute approximate surface area is 230 Å². The van der Waals surface area contributed by atoms with Gasteiger partial charge in [0.15, 0.2) is 11.6 Å². The Bertz CT molecular complexity index is 1390. The lowest BCUT2D eigenvalue weighted by Crippen LogP contribution is -2.37. The standard InChI is InChI=1S/C28H38N6O4Si/c1-36-25(19-35)28-29-26(32-11-13-37-14-12-32)17-27(30-28)34-10-9-23(31-34)22-18-33(20-38-15-16-39(2,3)4)24-8-6-5-7-21(22)24/h5-10,17-18,25,35H,11-16,19-20H2,1-4H3. The van der Waals surface area contributed by atoms with E-state index >= 15 is 0 Å². The van der Waals surface area contributed by atoms with Gasteiger partial charge in [-0.15, -0.1) is 0 Å². The number of methoxy groups -OCH3 is 1. The average molecular weight is 551 g/mol. The number of para-hydroxylation sites is 1. The molecule has 0 bridgehead atoms. The minimum absolute atomic E-state index is 0.216. The summed E-state index contributed by atoms with van der Waals surface area (Å²) in [6, 6.07) is 13.4. The van der Waals surface area contributed by atoms with Crippen LogP contribution in [0.5, 0.6) is 0 Å². The summed E-state index contributed by atoms with van der Waals surface area (Å²) in [5, 5.41) is 15.9. The fourth-order valence-electron chi connectivity index (χ4n) is 4.61. The molecule has 1 fully saturated rings. The van der Waals surface area contributed by atoms with Crippen LogP contribution in [0, 0.1) is 0 Å². The van der Waals surface area contributed by atoms with Crippen LogP contribution in [0.2, 0.25) is 25.7 Å². The second-order valence-corrected chi connectivity index (χ2v) is 16.6. The van der Waals surface area contributed by atoms with Crippen molar-refractivity contribution in [1.29, 1.82) is 0 Å². The maximum atomic E-state index is 9.84. The molecule has 4 aromatic rings. The van der Waals surface area contributed by atoms with Gasteiger partial charge in [0.2, 0.25) is 0 Å². The Kier molecular flexibility index (Phi) is 8.43. The van der Waals surface area contributed by atoms with E-state index in [0.717, 1.165) is 53.7 Å². The van der Waals surface area contributed by atoms with Crippen LogP contribution >= 0.6 is 0 Å². The molecule has 5 rings (SSSR count). The van der Waals surface area contributed by atoms with Gasteiger partial charge in [-0.3, -0.25) is 0 Å². The van der Waals surface area contributed by atoms with E-state index in [4.69, 9.17) is 29.3 Å². The van der Waals surface area contributed by atoms with E-state index in [1.54, 1.807) is 11.8 Å². The number of rotatable bonds is 11. The first-order valence-corrected chi connectivity index (χ1v) is 17.1. The molecule has 11 heteroatoms. The number of anilines is 1. The SMILES string of the molecule is COC(CO)c1nc(N2CCOCC2)cc(-n2ccc(-c3cn(COCC[Si](C)(C)C)c4ccccc34)n2)n1. The molecule has 208 valence electrons. The van der Waals surface area contributed by atoms with Gasteiger partial charge in [0.05, 0.1) is 31.0 Å². The normalized spacial score (nSPS) is 15.3. The van der Waals surface area contributed by atoms with Gasteiger partial charge in [-0.2, -0.15) is 5.10 Å². The number of aliphatic hydroxyl groups excluding tert-OH is 1. The zero-order valence-electron chi connectivity index (χ0n) is 23.2. The van der Waals surface area contributed by atoms with E-state index in [1.165, 1.54) is 0 Å². The molecule has 0 aliphatic carbocycles. The third-order valence-electron chi connectivity index (χ3n) is 6.90. The molecule has 1 aliphatic rings. The highest BCUT2D eigenvalue weighted by Gasteiger charge is 2.21. The first-order chi connectivity index (χ1) is 18.9. The zero-order valence-corrected chi connectivity index (χ0v) is 24.2. The quantitative estimate of drug-likeness (QED) is 0.220. The number of nitrogens with zero attached hydrogens (tertiary/aromatic N) is 6. The van der Waals surface area contributed by atoms with Crippen molar-refractivity contribution in [2.24, 2.45) is 0 Å². The van der Waals surface area contributed by atoms with Crippen molar-refractivity contribution in [2.45, 2.75) is 38.5 Å². The molecule has 0 amide bonds. The second kappa shape index (κ2) is 12.0. The minimum atomic E-state index is -1.15. The first-order valence-electron chi connectivity index (χ1n) is 13.4. The Morgan fingerprint density at radius 1 is 1.08 bits per heavy atom. The third-order valence-corrected chi connectivity index (χ3v) is 8.61. The van der Waals surface area contributed by atoms with Crippen LogP contribution in [0.1, 0.15) is 11.9 Å². The van der Waals surface area contributed by atoms with Crippen LogP contribution in [0.25, 0.3) is 28.0 Å². The highest BCUT2D eigenvalue weighted by molar-refractivity contribution is 6.76. The summed E-state index contributed by atoms with van der Waals surface area (Å²) in [6.07, 6.45) is 3.39. The predicted octanol–water partition coefficient (Wildman–Crippen LogP) is 4.11. The van der Waals surface area contributed by atoms with Gasteiger partial charge in [-0.25, -0.2) is 14.6 Å². The number of aliphatic hydroxyl groups is 1. The minimum Gasteiger partial charge on any atom is -0.393 e. The van der Waals surface area contributed by atoms with Gasteiger partial charge in [0.25, 0.3) is 0 Å². The fourth-order valence-corrected chi connectivity index (χ4v) is 5.37. The molecule has 39 heavy (non-hydrogen) atoms. The molecule has 4 heterocycles. The molecule has 1 unspecified atom stereocenters. The number of benzene rings is 1. The molecule has 1 N–H and O–H groups in total. The molecule has 0 spiro atoms. The number of hydrogen-bond acceptors (Lipinski definition) is 8. The first kappa shape index (κ1) is 27.5. The van der Waals surface area contributed by atoms with E-state index in [1.807, 2.05) is 30.5 Å². The van der Waals surface area contributed by atoms with Gasteiger partial charge < -0.3 is 28.8 Å². The number of morpholine rings is 1. The molecule has 3 aromatic heterocycles. The van der Waals surface area contributed by atoms with Crippen LogP contribution in [-0.2, 0) is 20.9 Å². The van der Waals surface area contributed by atoms with Crippen molar-refractivity contribution in [3.63, 3.8) is 0 Å². The van der Waals surface area contributed by atoms with Crippen molar-refractivity contribution in [3.8, 4) is 17.1 Å². The summed E-state index contributed by atoms with van der Waals surface area (Å²) in [7, 11) is 0.397. The Morgan fingerprint density at radius 2 is 1.85 bits per heavy atom. The lowest BCUT2D eigenvalue weighted by Gasteiger charge is -2.28. The average Bonchev–Trinajstić information content (AvgIpc) is 3.57. The van der Waals surface area contributed by atoms with E-state index in [2.05, 4.69) is 47.4 Å². The molecule has 1 aliphatic heterocycles. The van der Waals surface area contributed by atoms with Crippen LogP contribution in [-0.4, -0.2) is 84.1 Å². The topological polar surface area (TPSA) is 99.7 Å². The highest BCUT2D eigenvalue weighted by Crippen LogP contribution is 2.30. The molecule has 1 aromatic carbocycles. The number of aromatic nitrogens is 5. The fraction of sp³-hybridized carbons (Fsp3) is 0.464. The van der Waals surface area contributed by atoms with Gasteiger partial charge in [0.1, 0.15) is 18.7 Å². The zero-order chi connectivity index (χ0) is 27.4. The molecular weight excluding hydrogens is 512 g/mol. The molecule has 1 saturated heterocycles. The highest BCUT2D eigenvalue weighted by atomic mass is 28.3. The molecule has 10 nitrogen and oxygen atoms in total. The van der Waals surface area contributed by atoms with E-state index < -0.39 is 14.2 Å². The van der Waals surface area contributed by atoms with Crippen molar-refractivity contribution in [2.75, 3.05) is 51.5 Å². The van der Waals surface area contributed by atoms with E-state index in [0.29, 0.717) is 31.6 Å². The summed E-state index contributed by atoms with van der Waals surface area (Å²) < 4.78 is 20.9. The van der Waals surface area contributed by atoms with Gasteiger partial charge in [-0.05, 0) is 18.2 Å². The van der Waals surface area contributed by atoms with E-state index in [9.17, 15) is 5.11 Å². The van der Waals surface area contributed by atoms with Crippen molar-refractivity contribution in [1.82, 2.24) is 24.3 Å². The van der Waals surface area contributed by atoms with Crippen LogP contribution in [0.3, 0.4) is 0 Å². The van der Waals surface area contributed by atoms with Gasteiger partial charge in [0, 0.05) is 64.3 Å². The van der Waals surface area contributed by atoms with Crippen molar-refractivity contribution >= 4 is 24.8 Å². The number of ether oxygens (including phenoxy) is 3. The summed E-state index contributed by atoms with van der Waals surface area (Å²) >= 11 is 0. The summed E-state index contributed by atoms with van der Waals surface area (Å²) in [6.45, 7) is 10.9. The monoisotopic (exact) mass is 550 g/mol. The Morgan fingerprint density at radius 3 is 2.59 bits per heavy atom. The summed E-state index contributed by atoms with van der Waals surface area (Å²) in [4.78, 5) is 11.6. The molecule has 0 radical (unpaired) electrons. The van der Waals surface area contributed by atoms with Crippen molar-refractivity contribution < 1.29 is 19.3 Å². The molecular formula is C28H38N6O4Si.